The summed E-state index contributed by atoms with van der Waals surface area (Å²) < 4.78 is 0. The van der Waals surface area contributed by atoms with Crippen LogP contribution in [0.25, 0.3) is 0 Å². The topological polar surface area (TPSA) is 32.3 Å². The molecule has 0 radical (unpaired) electrons. The van der Waals surface area contributed by atoms with Crippen molar-refractivity contribution in [3.63, 3.8) is 0 Å². The number of aliphatic hydroxyl groups is 1. The van der Waals surface area contributed by atoms with E-state index in [1.807, 2.05) is 6.92 Å². The summed E-state index contributed by atoms with van der Waals surface area (Å²) in [6.45, 7) is 9.66. The summed E-state index contributed by atoms with van der Waals surface area (Å²) in [6, 6.07) is 0.290. The molecule has 0 aliphatic carbocycles. The molecule has 2 N–H and O–H groups in total. The molecule has 0 bridgehead atoms. The van der Waals surface area contributed by atoms with Crippen LogP contribution in [0.2, 0.25) is 0 Å². The quantitative estimate of drug-likeness (QED) is 0.752. The summed E-state index contributed by atoms with van der Waals surface area (Å²) in [6.07, 6.45) is 4.54. The third-order valence-corrected chi connectivity index (χ3v) is 3.66. The molecule has 3 unspecified atom stereocenters. The van der Waals surface area contributed by atoms with Gasteiger partial charge in [-0.3, -0.25) is 0 Å². The van der Waals surface area contributed by atoms with Crippen molar-refractivity contribution in [3.05, 3.63) is 0 Å². The predicted octanol–water partition coefficient (Wildman–Crippen LogP) is 2.56. The fourth-order valence-corrected chi connectivity index (χ4v) is 2.81. The number of hydrogen-bond acceptors (Lipinski definition) is 2. The van der Waals surface area contributed by atoms with Crippen molar-refractivity contribution in [1.29, 1.82) is 0 Å². The van der Waals surface area contributed by atoms with Crippen LogP contribution in [0.15, 0.2) is 0 Å². The normalized spacial score (nSPS) is 31.6. The summed E-state index contributed by atoms with van der Waals surface area (Å²) in [7, 11) is 0. The van der Waals surface area contributed by atoms with Gasteiger partial charge in [-0.05, 0) is 44.6 Å². The van der Waals surface area contributed by atoms with Crippen molar-refractivity contribution in [2.24, 2.45) is 11.8 Å². The number of piperidine rings is 1. The van der Waals surface area contributed by atoms with Gasteiger partial charge in [0.25, 0.3) is 0 Å². The second-order valence-corrected chi connectivity index (χ2v) is 5.76. The average Bonchev–Trinajstić information content (AvgIpc) is 2.16. The van der Waals surface area contributed by atoms with E-state index in [1.165, 1.54) is 12.8 Å². The Hall–Kier alpha value is -0.0800. The average molecular weight is 213 g/mol. The van der Waals surface area contributed by atoms with Gasteiger partial charge in [-0.1, -0.05) is 27.2 Å². The van der Waals surface area contributed by atoms with Crippen LogP contribution in [0.5, 0.6) is 0 Å². The molecular formula is C13H27NO. The molecule has 3 atom stereocenters. The molecule has 2 heteroatoms. The Labute approximate surface area is 94.5 Å². The fraction of sp³-hybridized carbons (Fsp3) is 1.00. The second-order valence-electron chi connectivity index (χ2n) is 5.76. The molecule has 0 aromatic carbocycles. The third-order valence-electron chi connectivity index (χ3n) is 3.66. The Morgan fingerprint density at radius 2 is 2.13 bits per heavy atom. The Bertz CT molecular complexity index is 189. The molecule has 90 valence electrons. The Morgan fingerprint density at radius 1 is 1.47 bits per heavy atom. The maximum atomic E-state index is 10.5. The largest absolute Gasteiger partial charge is 0.389 e. The summed E-state index contributed by atoms with van der Waals surface area (Å²) in [5, 5.41) is 13.9. The Kier molecular flexibility index (Phi) is 4.60. The van der Waals surface area contributed by atoms with Crippen molar-refractivity contribution in [3.8, 4) is 0 Å². The van der Waals surface area contributed by atoms with Crippen LogP contribution >= 0.6 is 0 Å². The molecule has 0 aromatic heterocycles. The monoisotopic (exact) mass is 213 g/mol. The maximum absolute atomic E-state index is 10.5. The van der Waals surface area contributed by atoms with Crippen molar-refractivity contribution in [2.45, 2.75) is 65.0 Å². The first-order chi connectivity index (χ1) is 6.95. The molecule has 15 heavy (non-hydrogen) atoms. The van der Waals surface area contributed by atoms with Gasteiger partial charge in [0, 0.05) is 6.04 Å². The van der Waals surface area contributed by atoms with E-state index < -0.39 is 5.60 Å². The first-order valence-electron chi connectivity index (χ1n) is 6.41. The van der Waals surface area contributed by atoms with Crippen LogP contribution in [0.3, 0.4) is 0 Å². The Balaban J connectivity index is 2.53. The van der Waals surface area contributed by atoms with Crippen LogP contribution in [0.4, 0.5) is 0 Å². The smallest absolute Gasteiger partial charge is 0.0774 e. The van der Waals surface area contributed by atoms with Gasteiger partial charge in [0.05, 0.1) is 5.60 Å². The fourth-order valence-electron chi connectivity index (χ4n) is 2.81. The maximum Gasteiger partial charge on any atom is 0.0774 e. The second kappa shape index (κ2) is 5.31. The highest BCUT2D eigenvalue weighted by atomic mass is 16.3. The highest BCUT2D eigenvalue weighted by Crippen LogP contribution is 2.29. The molecular weight excluding hydrogens is 186 g/mol. The molecule has 1 heterocycles. The molecule has 0 saturated carbocycles. The highest BCUT2D eigenvalue weighted by Gasteiger charge is 2.35. The van der Waals surface area contributed by atoms with E-state index in [1.54, 1.807) is 0 Å². The molecule has 1 saturated heterocycles. The minimum atomic E-state index is -0.540. The van der Waals surface area contributed by atoms with E-state index in [0.717, 1.165) is 25.3 Å². The molecule has 1 aliphatic rings. The van der Waals surface area contributed by atoms with Crippen molar-refractivity contribution < 1.29 is 5.11 Å². The van der Waals surface area contributed by atoms with E-state index in [-0.39, 0.29) is 0 Å². The minimum Gasteiger partial charge on any atom is -0.389 e. The van der Waals surface area contributed by atoms with Gasteiger partial charge < -0.3 is 10.4 Å². The van der Waals surface area contributed by atoms with Gasteiger partial charge in [-0.2, -0.15) is 0 Å². The zero-order valence-electron chi connectivity index (χ0n) is 10.7. The lowest BCUT2D eigenvalue weighted by molar-refractivity contribution is -0.0152. The van der Waals surface area contributed by atoms with Gasteiger partial charge in [-0.25, -0.2) is 0 Å². The van der Waals surface area contributed by atoms with Gasteiger partial charge in [-0.15, -0.1) is 0 Å². The molecule has 0 amide bonds. The van der Waals surface area contributed by atoms with Gasteiger partial charge in [0.2, 0.25) is 0 Å². The van der Waals surface area contributed by atoms with Gasteiger partial charge in [0.1, 0.15) is 0 Å². The van der Waals surface area contributed by atoms with Crippen molar-refractivity contribution in [1.82, 2.24) is 5.32 Å². The molecule has 1 aliphatic heterocycles. The first-order valence-corrected chi connectivity index (χ1v) is 6.41. The van der Waals surface area contributed by atoms with E-state index >= 15 is 0 Å². The summed E-state index contributed by atoms with van der Waals surface area (Å²) in [5.41, 5.74) is -0.540. The van der Waals surface area contributed by atoms with Crippen LogP contribution in [0, 0.1) is 11.8 Å². The highest BCUT2D eigenvalue weighted by molar-refractivity contribution is 4.92. The van der Waals surface area contributed by atoms with Crippen LogP contribution in [-0.4, -0.2) is 23.3 Å². The van der Waals surface area contributed by atoms with Crippen molar-refractivity contribution in [2.75, 3.05) is 6.54 Å². The Morgan fingerprint density at radius 3 is 2.67 bits per heavy atom. The number of nitrogens with one attached hydrogen (secondary N) is 1. The van der Waals surface area contributed by atoms with Gasteiger partial charge in [0.15, 0.2) is 0 Å². The van der Waals surface area contributed by atoms with Crippen LogP contribution in [0.1, 0.15) is 53.4 Å². The van der Waals surface area contributed by atoms with E-state index in [9.17, 15) is 5.11 Å². The van der Waals surface area contributed by atoms with Crippen LogP contribution < -0.4 is 5.32 Å². The van der Waals surface area contributed by atoms with E-state index in [2.05, 4.69) is 26.1 Å². The lowest BCUT2D eigenvalue weighted by Gasteiger charge is -2.40. The zero-order chi connectivity index (χ0) is 11.5. The summed E-state index contributed by atoms with van der Waals surface area (Å²) in [4.78, 5) is 0. The zero-order valence-corrected chi connectivity index (χ0v) is 10.7. The molecule has 0 aromatic rings. The standard InChI is InChI=1S/C13H27NO/c1-5-11-6-7-14-12(8-11)13(4,15)9-10(2)3/h10-12,14-15H,5-9H2,1-4H3. The molecule has 1 fully saturated rings. The van der Waals surface area contributed by atoms with Crippen LogP contribution in [-0.2, 0) is 0 Å². The first kappa shape index (κ1) is 13.0. The lowest BCUT2D eigenvalue weighted by Crippen LogP contribution is -2.53. The lowest BCUT2D eigenvalue weighted by atomic mass is 9.79. The van der Waals surface area contributed by atoms with E-state index in [4.69, 9.17) is 0 Å². The summed E-state index contributed by atoms with van der Waals surface area (Å²) >= 11 is 0. The number of hydrogen-bond donors (Lipinski definition) is 2. The molecule has 1 rings (SSSR count). The molecule has 2 nitrogen and oxygen atoms in total. The molecule has 0 spiro atoms. The third kappa shape index (κ3) is 3.76. The van der Waals surface area contributed by atoms with Crippen molar-refractivity contribution >= 4 is 0 Å². The summed E-state index contributed by atoms with van der Waals surface area (Å²) in [5.74, 6) is 1.36. The number of rotatable bonds is 4. The minimum absolute atomic E-state index is 0.290. The van der Waals surface area contributed by atoms with E-state index in [0.29, 0.717) is 12.0 Å². The SMILES string of the molecule is CCC1CCNC(C(C)(O)CC(C)C)C1. The predicted molar refractivity (Wildman–Crippen MR) is 64.9 cm³/mol. The van der Waals surface area contributed by atoms with Gasteiger partial charge >= 0.3 is 0 Å².